The van der Waals surface area contributed by atoms with Gasteiger partial charge in [0.15, 0.2) is 0 Å². The molecule has 160 valence electrons. The SMILES string of the molecule is O=C(Cc1cscn1)N1CC(=O)N(C2CCCCC2)CC(OCc2ccccc2)C1. The van der Waals surface area contributed by atoms with Gasteiger partial charge in [-0.15, -0.1) is 11.3 Å². The summed E-state index contributed by atoms with van der Waals surface area (Å²) in [4.78, 5) is 33.9. The van der Waals surface area contributed by atoms with Crippen LogP contribution in [0.2, 0.25) is 0 Å². The van der Waals surface area contributed by atoms with Gasteiger partial charge in [-0.25, -0.2) is 4.98 Å². The molecule has 0 spiro atoms. The number of hydrogen-bond acceptors (Lipinski definition) is 5. The van der Waals surface area contributed by atoms with Crippen LogP contribution in [0.4, 0.5) is 0 Å². The minimum absolute atomic E-state index is 0.0411. The zero-order valence-corrected chi connectivity index (χ0v) is 18.1. The molecule has 2 aliphatic rings. The Labute approximate surface area is 181 Å². The smallest absolute Gasteiger partial charge is 0.242 e. The van der Waals surface area contributed by atoms with Crippen LogP contribution in [0, 0.1) is 0 Å². The highest BCUT2D eigenvalue weighted by molar-refractivity contribution is 7.07. The quantitative estimate of drug-likeness (QED) is 0.710. The molecule has 1 atom stereocenters. The minimum Gasteiger partial charge on any atom is -0.370 e. The van der Waals surface area contributed by atoms with Crippen LogP contribution in [-0.4, -0.2) is 58.4 Å². The number of aromatic nitrogens is 1. The third-order valence-electron chi connectivity index (χ3n) is 5.98. The number of ether oxygens (including phenoxy) is 1. The van der Waals surface area contributed by atoms with Crippen LogP contribution < -0.4 is 0 Å². The Morgan fingerprint density at radius 3 is 2.67 bits per heavy atom. The molecule has 4 rings (SSSR count). The molecule has 2 aromatic rings. The highest BCUT2D eigenvalue weighted by Gasteiger charge is 2.34. The molecule has 6 nitrogen and oxygen atoms in total. The molecule has 1 aliphatic carbocycles. The fourth-order valence-electron chi connectivity index (χ4n) is 4.36. The second kappa shape index (κ2) is 10.2. The third-order valence-corrected chi connectivity index (χ3v) is 6.62. The van der Waals surface area contributed by atoms with Crippen molar-refractivity contribution < 1.29 is 14.3 Å². The van der Waals surface area contributed by atoms with E-state index in [4.69, 9.17) is 4.74 Å². The van der Waals surface area contributed by atoms with Crippen LogP contribution in [0.3, 0.4) is 0 Å². The highest BCUT2D eigenvalue weighted by atomic mass is 32.1. The van der Waals surface area contributed by atoms with Gasteiger partial charge in [-0.2, -0.15) is 0 Å². The van der Waals surface area contributed by atoms with Crippen molar-refractivity contribution in [3.63, 3.8) is 0 Å². The third kappa shape index (κ3) is 5.46. The second-order valence-corrected chi connectivity index (χ2v) is 8.91. The van der Waals surface area contributed by atoms with E-state index in [1.165, 1.54) is 17.8 Å². The van der Waals surface area contributed by atoms with Crippen molar-refractivity contribution in [2.24, 2.45) is 0 Å². The Hall–Kier alpha value is -2.25. The Morgan fingerprint density at radius 1 is 1.13 bits per heavy atom. The summed E-state index contributed by atoms with van der Waals surface area (Å²) in [6, 6.07) is 10.3. The van der Waals surface area contributed by atoms with E-state index in [-0.39, 0.29) is 36.9 Å². The van der Waals surface area contributed by atoms with Crippen molar-refractivity contribution in [3.8, 4) is 0 Å². The summed E-state index contributed by atoms with van der Waals surface area (Å²) in [6.07, 6.45) is 5.69. The summed E-state index contributed by atoms with van der Waals surface area (Å²) >= 11 is 1.48. The Balaban J connectivity index is 1.47. The van der Waals surface area contributed by atoms with Gasteiger partial charge in [0, 0.05) is 24.5 Å². The topological polar surface area (TPSA) is 62.7 Å². The lowest BCUT2D eigenvalue weighted by Gasteiger charge is -2.34. The molecule has 0 N–H and O–H groups in total. The maximum Gasteiger partial charge on any atom is 0.242 e. The lowest BCUT2D eigenvalue weighted by Crippen LogP contribution is -2.46. The number of nitrogens with zero attached hydrogens (tertiary/aromatic N) is 3. The second-order valence-electron chi connectivity index (χ2n) is 8.19. The van der Waals surface area contributed by atoms with E-state index in [9.17, 15) is 9.59 Å². The maximum atomic E-state index is 13.1. The molecule has 1 saturated heterocycles. The highest BCUT2D eigenvalue weighted by Crippen LogP contribution is 2.25. The Morgan fingerprint density at radius 2 is 1.93 bits per heavy atom. The largest absolute Gasteiger partial charge is 0.370 e. The standard InChI is InChI=1S/C23H29N3O3S/c27-22(11-19-16-30-17-24-19)25-12-21(29-15-18-7-3-1-4-8-18)13-26(23(28)14-25)20-9-5-2-6-10-20/h1,3-4,7-8,16-17,20-21H,2,5-6,9-15H2. The van der Waals surface area contributed by atoms with E-state index in [1.807, 2.05) is 40.6 Å². The monoisotopic (exact) mass is 427 g/mol. The van der Waals surface area contributed by atoms with E-state index in [0.29, 0.717) is 19.7 Å². The Bertz CT molecular complexity index is 821. The first-order valence-electron chi connectivity index (χ1n) is 10.8. The molecule has 7 heteroatoms. The van der Waals surface area contributed by atoms with E-state index < -0.39 is 0 Å². The van der Waals surface area contributed by atoms with E-state index >= 15 is 0 Å². The summed E-state index contributed by atoms with van der Waals surface area (Å²) in [5.41, 5.74) is 3.58. The van der Waals surface area contributed by atoms with Crippen molar-refractivity contribution in [2.75, 3.05) is 19.6 Å². The lowest BCUT2D eigenvalue weighted by molar-refractivity contribution is -0.139. The number of carbonyl (C=O) groups is 2. The predicted molar refractivity (Wildman–Crippen MR) is 116 cm³/mol. The van der Waals surface area contributed by atoms with Crippen molar-refractivity contribution in [2.45, 2.75) is 57.3 Å². The molecule has 1 aromatic heterocycles. The van der Waals surface area contributed by atoms with Gasteiger partial charge in [0.25, 0.3) is 0 Å². The minimum atomic E-state index is -0.196. The van der Waals surface area contributed by atoms with Crippen LogP contribution in [0.25, 0.3) is 0 Å². The van der Waals surface area contributed by atoms with E-state index in [0.717, 1.165) is 36.9 Å². The molecule has 0 radical (unpaired) electrons. The van der Waals surface area contributed by atoms with Gasteiger partial charge in [-0.3, -0.25) is 9.59 Å². The van der Waals surface area contributed by atoms with Crippen molar-refractivity contribution >= 4 is 23.2 Å². The average molecular weight is 428 g/mol. The van der Waals surface area contributed by atoms with Crippen LogP contribution in [0.5, 0.6) is 0 Å². The average Bonchev–Trinajstić information content (AvgIpc) is 3.22. The fraction of sp³-hybridized carbons (Fsp3) is 0.522. The number of amides is 2. The number of carbonyl (C=O) groups excluding carboxylic acids is 2. The molecule has 1 unspecified atom stereocenters. The zero-order valence-electron chi connectivity index (χ0n) is 17.2. The number of hydrogen-bond donors (Lipinski definition) is 0. The van der Waals surface area contributed by atoms with Gasteiger partial charge in [0.2, 0.25) is 11.8 Å². The molecule has 1 aromatic carbocycles. The van der Waals surface area contributed by atoms with Gasteiger partial charge in [-0.05, 0) is 18.4 Å². The van der Waals surface area contributed by atoms with Crippen LogP contribution in [0.15, 0.2) is 41.2 Å². The van der Waals surface area contributed by atoms with Gasteiger partial charge in [0.05, 0.1) is 36.9 Å². The molecule has 30 heavy (non-hydrogen) atoms. The van der Waals surface area contributed by atoms with Crippen molar-refractivity contribution in [1.82, 2.24) is 14.8 Å². The molecule has 2 fully saturated rings. The number of thiazole rings is 1. The van der Waals surface area contributed by atoms with Crippen LogP contribution in [0.1, 0.15) is 43.4 Å². The molecule has 2 heterocycles. The lowest BCUT2D eigenvalue weighted by atomic mass is 9.94. The summed E-state index contributed by atoms with van der Waals surface area (Å²) in [5.74, 6) is -0.0209. The number of benzene rings is 1. The maximum absolute atomic E-state index is 13.1. The van der Waals surface area contributed by atoms with E-state index in [1.54, 1.807) is 10.4 Å². The summed E-state index contributed by atoms with van der Waals surface area (Å²) < 4.78 is 6.23. The van der Waals surface area contributed by atoms with Crippen molar-refractivity contribution in [3.05, 3.63) is 52.5 Å². The molecular weight excluding hydrogens is 398 g/mol. The predicted octanol–water partition coefficient (Wildman–Crippen LogP) is 3.27. The number of rotatable bonds is 6. The molecular formula is C23H29N3O3S. The van der Waals surface area contributed by atoms with Gasteiger partial charge < -0.3 is 14.5 Å². The van der Waals surface area contributed by atoms with Gasteiger partial charge in [-0.1, -0.05) is 49.6 Å². The first-order valence-corrected chi connectivity index (χ1v) is 11.7. The van der Waals surface area contributed by atoms with Gasteiger partial charge in [0.1, 0.15) is 0 Å². The molecule has 1 aliphatic heterocycles. The molecule has 1 saturated carbocycles. The van der Waals surface area contributed by atoms with Crippen LogP contribution in [-0.2, 0) is 27.4 Å². The van der Waals surface area contributed by atoms with Crippen LogP contribution >= 0.6 is 11.3 Å². The summed E-state index contributed by atoms with van der Waals surface area (Å²) in [7, 11) is 0. The van der Waals surface area contributed by atoms with E-state index in [2.05, 4.69) is 4.98 Å². The summed E-state index contributed by atoms with van der Waals surface area (Å²) in [5, 5.41) is 1.88. The molecule has 0 bridgehead atoms. The first-order chi connectivity index (χ1) is 14.7. The van der Waals surface area contributed by atoms with Crippen molar-refractivity contribution in [1.29, 1.82) is 0 Å². The summed E-state index contributed by atoms with van der Waals surface area (Å²) in [6.45, 7) is 1.60. The van der Waals surface area contributed by atoms with Gasteiger partial charge >= 0.3 is 0 Å². The molecule has 2 amide bonds. The Kier molecular flexibility index (Phi) is 7.12. The fourth-order valence-corrected chi connectivity index (χ4v) is 4.92. The normalized spacial score (nSPS) is 20.9. The zero-order chi connectivity index (χ0) is 20.8. The first kappa shape index (κ1) is 21.0.